The van der Waals surface area contributed by atoms with Gasteiger partial charge >= 0.3 is 0 Å². The fourth-order valence-corrected chi connectivity index (χ4v) is 3.23. The van der Waals surface area contributed by atoms with Crippen molar-refractivity contribution in [3.8, 4) is 0 Å². The van der Waals surface area contributed by atoms with E-state index in [2.05, 4.69) is 27.1 Å². The van der Waals surface area contributed by atoms with Crippen LogP contribution in [0.3, 0.4) is 0 Å². The van der Waals surface area contributed by atoms with Gasteiger partial charge in [-0.25, -0.2) is 0 Å². The normalized spacial score (nSPS) is 16.8. The second-order valence-electron chi connectivity index (χ2n) is 6.42. The molecule has 124 valence electrons. The molecule has 0 saturated carbocycles. The fourth-order valence-electron chi connectivity index (χ4n) is 3.23. The van der Waals surface area contributed by atoms with Gasteiger partial charge in [-0.05, 0) is 33.0 Å². The number of nitrogens with zero attached hydrogens (tertiary/aromatic N) is 2. The van der Waals surface area contributed by atoms with E-state index in [1.165, 1.54) is 0 Å². The summed E-state index contributed by atoms with van der Waals surface area (Å²) in [6.45, 7) is 8.28. The number of aromatic amines is 1. The molecule has 0 atom stereocenters. The molecular formula is C18H26N4O. The Morgan fingerprint density at radius 2 is 1.96 bits per heavy atom. The van der Waals surface area contributed by atoms with Gasteiger partial charge < -0.3 is 20.1 Å². The van der Waals surface area contributed by atoms with Gasteiger partial charge in [-0.15, -0.1) is 0 Å². The molecule has 1 saturated heterocycles. The number of hydrogen-bond donors (Lipinski definition) is 2. The van der Waals surface area contributed by atoms with Crippen molar-refractivity contribution in [1.82, 2.24) is 20.1 Å². The second kappa shape index (κ2) is 7.15. The number of para-hydroxylation sites is 1. The van der Waals surface area contributed by atoms with E-state index in [9.17, 15) is 4.79 Å². The van der Waals surface area contributed by atoms with Gasteiger partial charge in [0, 0.05) is 49.3 Å². The Morgan fingerprint density at radius 3 is 2.74 bits per heavy atom. The highest BCUT2D eigenvalue weighted by atomic mass is 16.1. The van der Waals surface area contributed by atoms with Gasteiger partial charge in [-0.1, -0.05) is 18.2 Å². The SMILES string of the molecule is Cc1[nH]c2ccccc2c1C(=O)NCCCN1CCN(C)CC1. The maximum Gasteiger partial charge on any atom is 0.253 e. The Hall–Kier alpha value is -1.85. The molecule has 0 bridgehead atoms. The Kier molecular flexibility index (Phi) is 4.98. The number of carbonyl (C=O) groups is 1. The van der Waals surface area contributed by atoms with E-state index in [4.69, 9.17) is 0 Å². The van der Waals surface area contributed by atoms with E-state index in [0.29, 0.717) is 0 Å². The molecule has 0 spiro atoms. The van der Waals surface area contributed by atoms with Gasteiger partial charge in [0.2, 0.25) is 0 Å². The lowest BCUT2D eigenvalue weighted by Gasteiger charge is -2.32. The number of amides is 1. The van der Waals surface area contributed by atoms with Crippen molar-refractivity contribution in [3.05, 3.63) is 35.5 Å². The van der Waals surface area contributed by atoms with Crippen molar-refractivity contribution >= 4 is 16.8 Å². The summed E-state index contributed by atoms with van der Waals surface area (Å²) in [6.07, 6.45) is 0.997. The first-order valence-electron chi connectivity index (χ1n) is 8.41. The minimum Gasteiger partial charge on any atom is -0.358 e. The number of hydrogen-bond acceptors (Lipinski definition) is 3. The molecule has 1 aromatic heterocycles. The first kappa shape index (κ1) is 16.0. The second-order valence-corrected chi connectivity index (χ2v) is 6.42. The molecule has 1 aliphatic rings. The van der Waals surface area contributed by atoms with Gasteiger partial charge in [0.1, 0.15) is 0 Å². The van der Waals surface area contributed by atoms with Crippen LogP contribution in [0.2, 0.25) is 0 Å². The average molecular weight is 314 g/mol. The monoisotopic (exact) mass is 314 g/mol. The molecule has 5 heteroatoms. The van der Waals surface area contributed by atoms with E-state index in [-0.39, 0.29) is 5.91 Å². The number of likely N-dealkylation sites (N-methyl/N-ethyl adjacent to an activating group) is 1. The zero-order valence-corrected chi connectivity index (χ0v) is 14.1. The summed E-state index contributed by atoms with van der Waals surface area (Å²) in [4.78, 5) is 20.6. The maximum atomic E-state index is 12.5. The molecule has 2 aromatic rings. The largest absolute Gasteiger partial charge is 0.358 e. The first-order valence-corrected chi connectivity index (χ1v) is 8.41. The van der Waals surface area contributed by atoms with Crippen LogP contribution in [-0.4, -0.2) is 67.0 Å². The molecule has 5 nitrogen and oxygen atoms in total. The Morgan fingerprint density at radius 1 is 1.22 bits per heavy atom. The molecular weight excluding hydrogens is 288 g/mol. The summed E-state index contributed by atoms with van der Waals surface area (Å²) < 4.78 is 0. The number of rotatable bonds is 5. The lowest BCUT2D eigenvalue weighted by atomic mass is 10.1. The van der Waals surface area contributed by atoms with Crippen molar-refractivity contribution < 1.29 is 4.79 Å². The van der Waals surface area contributed by atoms with Crippen molar-refractivity contribution in [1.29, 1.82) is 0 Å². The molecule has 1 fully saturated rings. The van der Waals surface area contributed by atoms with Gasteiger partial charge in [0.15, 0.2) is 0 Å². The van der Waals surface area contributed by atoms with Crippen molar-refractivity contribution in [2.24, 2.45) is 0 Å². The molecule has 2 heterocycles. The van der Waals surface area contributed by atoms with E-state index in [1.54, 1.807) is 0 Å². The number of benzene rings is 1. The number of nitrogens with one attached hydrogen (secondary N) is 2. The quantitative estimate of drug-likeness (QED) is 0.828. The van der Waals surface area contributed by atoms with Crippen LogP contribution in [-0.2, 0) is 0 Å². The van der Waals surface area contributed by atoms with Crippen LogP contribution < -0.4 is 5.32 Å². The minimum absolute atomic E-state index is 0.0262. The molecule has 0 unspecified atom stereocenters. The summed E-state index contributed by atoms with van der Waals surface area (Å²) in [7, 11) is 2.17. The molecule has 0 aliphatic carbocycles. The van der Waals surface area contributed by atoms with Crippen LogP contribution in [0.15, 0.2) is 24.3 Å². The minimum atomic E-state index is 0.0262. The average Bonchev–Trinajstić information content (AvgIpc) is 2.89. The van der Waals surface area contributed by atoms with Crippen molar-refractivity contribution in [2.45, 2.75) is 13.3 Å². The van der Waals surface area contributed by atoms with Crippen molar-refractivity contribution in [3.63, 3.8) is 0 Å². The van der Waals surface area contributed by atoms with Crippen LogP contribution in [0.5, 0.6) is 0 Å². The fraction of sp³-hybridized carbons (Fsp3) is 0.500. The van der Waals surface area contributed by atoms with Gasteiger partial charge in [0.05, 0.1) is 5.56 Å². The predicted octanol–water partition coefficient (Wildman–Crippen LogP) is 1.84. The molecule has 0 radical (unpaired) electrons. The Balaban J connectivity index is 1.50. The number of aryl methyl sites for hydroxylation is 1. The van der Waals surface area contributed by atoms with E-state index >= 15 is 0 Å². The van der Waals surface area contributed by atoms with Crippen LogP contribution in [0.4, 0.5) is 0 Å². The molecule has 2 N–H and O–H groups in total. The summed E-state index contributed by atoms with van der Waals surface area (Å²) in [5, 5.41) is 4.07. The highest BCUT2D eigenvalue weighted by Gasteiger charge is 2.16. The maximum absolute atomic E-state index is 12.5. The highest BCUT2D eigenvalue weighted by molar-refractivity contribution is 6.08. The van der Waals surface area contributed by atoms with E-state index < -0.39 is 0 Å². The lowest BCUT2D eigenvalue weighted by molar-refractivity contribution is 0.0950. The number of carbonyl (C=O) groups excluding carboxylic acids is 1. The topological polar surface area (TPSA) is 51.4 Å². The van der Waals surface area contributed by atoms with Gasteiger partial charge in [-0.3, -0.25) is 4.79 Å². The van der Waals surface area contributed by atoms with Crippen LogP contribution in [0.25, 0.3) is 10.9 Å². The highest BCUT2D eigenvalue weighted by Crippen LogP contribution is 2.21. The summed E-state index contributed by atoms with van der Waals surface area (Å²) >= 11 is 0. The number of aromatic nitrogens is 1. The van der Waals surface area contributed by atoms with E-state index in [1.807, 2.05) is 31.2 Å². The summed E-state index contributed by atoms with van der Waals surface area (Å²) in [5.74, 6) is 0.0262. The smallest absolute Gasteiger partial charge is 0.253 e. The number of H-pyrrole nitrogens is 1. The third-order valence-electron chi connectivity index (χ3n) is 4.65. The van der Waals surface area contributed by atoms with Crippen LogP contribution >= 0.6 is 0 Å². The summed E-state index contributed by atoms with van der Waals surface area (Å²) in [5.41, 5.74) is 2.73. The lowest BCUT2D eigenvalue weighted by Crippen LogP contribution is -2.45. The zero-order chi connectivity index (χ0) is 16.2. The standard InChI is InChI=1S/C18H26N4O/c1-14-17(15-6-3-4-7-16(15)20-14)18(23)19-8-5-9-22-12-10-21(2)11-13-22/h3-4,6-7,20H,5,8-13H2,1-2H3,(H,19,23). The third kappa shape index (κ3) is 3.74. The number of fused-ring (bicyclic) bond motifs is 1. The van der Waals surface area contributed by atoms with E-state index in [0.717, 1.165) is 67.8 Å². The molecule has 1 amide bonds. The molecule has 1 aliphatic heterocycles. The van der Waals surface area contributed by atoms with Crippen LogP contribution in [0.1, 0.15) is 22.5 Å². The Labute approximate surface area is 137 Å². The van der Waals surface area contributed by atoms with Crippen molar-refractivity contribution in [2.75, 3.05) is 46.3 Å². The molecule has 1 aromatic carbocycles. The summed E-state index contributed by atoms with van der Waals surface area (Å²) in [6, 6.07) is 7.96. The molecule has 3 rings (SSSR count). The van der Waals surface area contributed by atoms with Gasteiger partial charge in [0.25, 0.3) is 5.91 Å². The van der Waals surface area contributed by atoms with Crippen LogP contribution in [0, 0.1) is 6.92 Å². The predicted molar refractivity (Wildman–Crippen MR) is 93.9 cm³/mol. The molecule has 23 heavy (non-hydrogen) atoms. The van der Waals surface area contributed by atoms with Gasteiger partial charge in [-0.2, -0.15) is 0 Å². The zero-order valence-electron chi connectivity index (χ0n) is 14.1. The first-order chi connectivity index (χ1) is 11.1. The Bertz CT molecular complexity index is 671. The number of piperazine rings is 1. The third-order valence-corrected chi connectivity index (χ3v) is 4.65.